The predicted octanol–water partition coefficient (Wildman–Crippen LogP) is 3.80. The highest BCUT2D eigenvalue weighted by atomic mass is 19.1. The third kappa shape index (κ3) is 5.09. The molecule has 1 unspecified atom stereocenters. The van der Waals surface area contributed by atoms with Crippen molar-refractivity contribution in [3.63, 3.8) is 0 Å². The molecule has 1 aromatic rings. The Balaban J connectivity index is 2.10. The van der Waals surface area contributed by atoms with Gasteiger partial charge in [-0.05, 0) is 70.2 Å². The lowest BCUT2D eigenvalue weighted by Crippen LogP contribution is -2.45. The minimum atomic E-state index is -0.573. The second-order valence-corrected chi connectivity index (χ2v) is 6.79. The number of nitrogens with zero attached hydrogens (tertiary/aromatic N) is 1. The van der Waals surface area contributed by atoms with Gasteiger partial charge in [-0.25, -0.2) is 9.18 Å². The van der Waals surface area contributed by atoms with E-state index in [2.05, 4.69) is 11.8 Å². The fourth-order valence-electron chi connectivity index (χ4n) is 2.44. The zero-order chi connectivity index (χ0) is 17.7. The van der Waals surface area contributed by atoms with Gasteiger partial charge in [0.05, 0.1) is 6.04 Å². The van der Waals surface area contributed by atoms with E-state index in [0.717, 1.165) is 12.8 Å². The van der Waals surface area contributed by atoms with Crippen molar-refractivity contribution in [3.8, 4) is 11.8 Å². The summed E-state index contributed by atoms with van der Waals surface area (Å²) in [7, 11) is 0. The smallest absolute Gasteiger partial charge is 0.411 e. The van der Waals surface area contributed by atoms with Gasteiger partial charge in [0.1, 0.15) is 11.4 Å². The second kappa shape index (κ2) is 7.48. The summed E-state index contributed by atoms with van der Waals surface area (Å²) in [5, 5.41) is 0. The maximum atomic E-state index is 12.9. The van der Waals surface area contributed by atoms with Crippen molar-refractivity contribution >= 4 is 11.9 Å². The van der Waals surface area contributed by atoms with Crippen molar-refractivity contribution in [1.82, 2.24) is 4.90 Å². The standard InChI is InChI=1S/C19H22FNO3/c1-19(2,3)24-18(23)21-13-5-4-6-16(21)11-12-17(22)14-7-9-15(20)10-8-14/h7-10,16H,4-6,13H2,1-3H3. The number of carbonyl (C=O) groups excluding carboxylic acids is 2. The summed E-state index contributed by atoms with van der Waals surface area (Å²) in [4.78, 5) is 25.9. The van der Waals surface area contributed by atoms with Crippen LogP contribution in [0.1, 0.15) is 50.4 Å². The molecule has 1 heterocycles. The molecule has 0 aromatic heterocycles. The molecule has 24 heavy (non-hydrogen) atoms. The molecule has 1 aromatic carbocycles. The zero-order valence-corrected chi connectivity index (χ0v) is 14.3. The predicted molar refractivity (Wildman–Crippen MR) is 89.1 cm³/mol. The van der Waals surface area contributed by atoms with E-state index in [1.54, 1.807) is 4.90 Å². The summed E-state index contributed by atoms with van der Waals surface area (Å²) in [5.74, 6) is 4.67. The van der Waals surface area contributed by atoms with E-state index in [1.165, 1.54) is 24.3 Å². The molecule has 5 heteroatoms. The number of rotatable bonds is 1. The Morgan fingerprint density at radius 3 is 2.50 bits per heavy atom. The average Bonchev–Trinajstić information content (AvgIpc) is 2.52. The number of carbonyl (C=O) groups is 2. The van der Waals surface area contributed by atoms with Crippen LogP contribution in [-0.4, -0.2) is 35.0 Å². The third-order valence-corrected chi connectivity index (χ3v) is 3.59. The number of ether oxygens (including phenoxy) is 1. The van der Waals surface area contributed by atoms with Crippen molar-refractivity contribution in [1.29, 1.82) is 0 Å². The van der Waals surface area contributed by atoms with Crippen LogP contribution in [0.5, 0.6) is 0 Å². The Bertz CT molecular complexity index is 665. The maximum absolute atomic E-state index is 12.9. The first-order valence-electron chi connectivity index (χ1n) is 8.07. The van der Waals surface area contributed by atoms with Crippen LogP contribution >= 0.6 is 0 Å². The van der Waals surface area contributed by atoms with E-state index >= 15 is 0 Å². The molecular formula is C19H22FNO3. The fraction of sp³-hybridized carbons (Fsp3) is 0.474. The summed E-state index contributed by atoms with van der Waals surface area (Å²) in [5.41, 5.74) is -0.236. The number of benzene rings is 1. The van der Waals surface area contributed by atoms with Gasteiger partial charge >= 0.3 is 6.09 Å². The highest BCUT2D eigenvalue weighted by Gasteiger charge is 2.29. The van der Waals surface area contributed by atoms with E-state index in [-0.39, 0.29) is 11.8 Å². The number of piperidine rings is 1. The monoisotopic (exact) mass is 331 g/mol. The summed E-state index contributed by atoms with van der Waals surface area (Å²) < 4.78 is 18.3. The maximum Gasteiger partial charge on any atom is 0.411 e. The number of hydrogen-bond donors (Lipinski definition) is 0. The van der Waals surface area contributed by atoms with Crippen LogP contribution in [0.25, 0.3) is 0 Å². The number of hydrogen-bond acceptors (Lipinski definition) is 3. The molecule has 0 bridgehead atoms. The quantitative estimate of drug-likeness (QED) is 0.447. The molecule has 0 spiro atoms. The molecule has 4 nitrogen and oxygen atoms in total. The first-order chi connectivity index (χ1) is 11.3. The normalized spacial score (nSPS) is 17.7. The van der Waals surface area contributed by atoms with Crippen LogP contribution in [-0.2, 0) is 4.74 Å². The first kappa shape index (κ1) is 18.0. The van der Waals surface area contributed by atoms with Gasteiger partial charge in [0.25, 0.3) is 0 Å². The lowest BCUT2D eigenvalue weighted by atomic mass is 10.0. The highest BCUT2D eigenvalue weighted by molar-refractivity contribution is 6.09. The number of Topliss-reactive ketones (excluding diaryl/α,β-unsaturated/α-hetero) is 1. The first-order valence-corrected chi connectivity index (χ1v) is 8.07. The number of amides is 1. The van der Waals surface area contributed by atoms with Crippen molar-refractivity contribution in [2.75, 3.05) is 6.54 Å². The fourth-order valence-corrected chi connectivity index (χ4v) is 2.44. The number of halogens is 1. The van der Waals surface area contributed by atoms with Crippen LogP contribution in [0.15, 0.2) is 24.3 Å². The van der Waals surface area contributed by atoms with Gasteiger partial charge in [0.15, 0.2) is 0 Å². The molecule has 0 N–H and O–H groups in total. The summed E-state index contributed by atoms with van der Waals surface area (Å²) in [6, 6.07) is 4.92. The second-order valence-electron chi connectivity index (χ2n) is 6.79. The van der Waals surface area contributed by atoms with Crippen LogP contribution in [0.2, 0.25) is 0 Å². The Hall–Kier alpha value is -2.35. The minimum absolute atomic E-state index is 0.335. The van der Waals surface area contributed by atoms with Crippen LogP contribution in [0.4, 0.5) is 9.18 Å². The van der Waals surface area contributed by atoms with Gasteiger partial charge in [-0.2, -0.15) is 0 Å². The summed E-state index contributed by atoms with van der Waals surface area (Å²) in [6.07, 6.45) is 2.14. The molecule has 0 saturated carbocycles. The summed E-state index contributed by atoms with van der Waals surface area (Å²) in [6.45, 7) is 6.01. The molecule has 1 aliphatic rings. The van der Waals surface area contributed by atoms with Gasteiger partial charge in [-0.3, -0.25) is 9.69 Å². The van der Waals surface area contributed by atoms with E-state index in [0.29, 0.717) is 18.5 Å². The highest BCUT2D eigenvalue weighted by Crippen LogP contribution is 2.20. The molecule has 2 rings (SSSR count). The molecular weight excluding hydrogens is 309 g/mol. The summed E-state index contributed by atoms with van der Waals surface area (Å²) >= 11 is 0. The topological polar surface area (TPSA) is 46.6 Å². The van der Waals surface area contributed by atoms with Crippen molar-refractivity contribution in [2.45, 2.75) is 51.7 Å². The third-order valence-electron chi connectivity index (χ3n) is 3.59. The minimum Gasteiger partial charge on any atom is -0.444 e. The van der Waals surface area contributed by atoms with E-state index in [1.807, 2.05) is 20.8 Å². The van der Waals surface area contributed by atoms with E-state index in [4.69, 9.17) is 4.74 Å². The number of likely N-dealkylation sites (tertiary alicyclic amines) is 1. The lowest BCUT2D eigenvalue weighted by molar-refractivity contribution is 0.0158. The van der Waals surface area contributed by atoms with Gasteiger partial charge in [0, 0.05) is 12.1 Å². The molecule has 1 aliphatic heterocycles. The zero-order valence-electron chi connectivity index (χ0n) is 14.3. The van der Waals surface area contributed by atoms with Crippen molar-refractivity contribution in [3.05, 3.63) is 35.6 Å². The Morgan fingerprint density at radius 2 is 1.88 bits per heavy atom. The van der Waals surface area contributed by atoms with Gasteiger partial charge < -0.3 is 4.74 Å². The van der Waals surface area contributed by atoms with Crippen LogP contribution < -0.4 is 0 Å². The molecule has 1 saturated heterocycles. The van der Waals surface area contributed by atoms with Crippen molar-refractivity contribution < 1.29 is 18.7 Å². The largest absolute Gasteiger partial charge is 0.444 e. The van der Waals surface area contributed by atoms with E-state index in [9.17, 15) is 14.0 Å². The molecule has 1 amide bonds. The average molecular weight is 331 g/mol. The van der Waals surface area contributed by atoms with Gasteiger partial charge in [-0.15, -0.1) is 0 Å². The Morgan fingerprint density at radius 1 is 1.21 bits per heavy atom. The molecule has 1 atom stereocenters. The molecule has 0 radical (unpaired) electrons. The van der Waals surface area contributed by atoms with Crippen LogP contribution in [0.3, 0.4) is 0 Å². The number of ketones is 1. The Labute approximate surface area is 142 Å². The van der Waals surface area contributed by atoms with Gasteiger partial charge in [0.2, 0.25) is 5.78 Å². The molecule has 0 aliphatic carbocycles. The van der Waals surface area contributed by atoms with Crippen LogP contribution in [0, 0.1) is 17.7 Å². The Kier molecular flexibility index (Phi) is 5.61. The van der Waals surface area contributed by atoms with E-state index < -0.39 is 17.5 Å². The SMILES string of the molecule is CC(C)(C)OC(=O)N1CCCCC1C#CC(=O)c1ccc(F)cc1. The molecule has 1 fully saturated rings. The molecule has 128 valence electrons. The van der Waals surface area contributed by atoms with Crippen molar-refractivity contribution in [2.24, 2.45) is 0 Å². The van der Waals surface area contributed by atoms with Gasteiger partial charge in [-0.1, -0.05) is 5.92 Å². The lowest BCUT2D eigenvalue weighted by Gasteiger charge is -2.34.